The van der Waals surface area contributed by atoms with Gasteiger partial charge in [-0.3, -0.25) is 43.8 Å². The maximum atomic E-state index is 13.5. The molecule has 3 aromatic carbocycles. The van der Waals surface area contributed by atoms with E-state index in [0.717, 1.165) is 111 Å². The minimum absolute atomic E-state index is 0.0126. The molecule has 18 heteroatoms. The molecule has 18 nitrogen and oxygen atoms in total. The molecule has 0 spiro atoms. The lowest BCUT2D eigenvalue weighted by molar-refractivity contribution is -0.136. The Morgan fingerprint density at radius 2 is 1.59 bits per heavy atom. The highest BCUT2D eigenvalue weighted by Crippen LogP contribution is 2.36. The summed E-state index contributed by atoms with van der Waals surface area (Å²) in [4.78, 5) is 73.7. The first-order chi connectivity index (χ1) is 33.8. The van der Waals surface area contributed by atoms with Crippen molar-refractivity contribution in [2.45, 2.75) is 76.1 Å². The molecule has 69 heavy (non-hydrogen) atoms. The topological polar surface area (TPSA) is 191 Å². The molecule has 1 aliphatic carbocycles. The first-order valence-electron chi connectivity index (χ1n) is 24.7. The molecule has 2 aromatic heterocycles. The number of nitrogens with zero attached hydrogens (tertiary/aromatic N) is 8. The standard InChI is InChI=1S/C51H62N12O6/c1-2-69-39(32-60-22-21-52-43(33-60)34-12-17-40-41(30-34)49(67)63(48(40)66)44-18-19-45(64)57-47(44)65)20-28-68-29-27-59-23-25-61(26-24-59)37-15-13-36(14-16-37)54-50-53-31-42-46(58-50)62(38-10-6-7-11-38)51(56-42)55-35-8-4-3-5-9-35/h3-5,8-9,12-17,30-31,38-39,43-44,52H,2,6-7,10-11,18-29,32-33H2,1H3,(H,55,56)(H,53,54,58)(H,57,64,65). The van der Waals surface area contributed by atoms with Crippen LogP contribution in [0.4, 0.5) is 29.0 Å². The highest BCUT2D eigenvalue weighted by molar-refractivity contribution is 6.23. The number of imide groups is 2. The van der Waals surface area contributed by atoms with E-state index >= 15 is 0 Å². The van der Waals surface area contributed by atoms with Gasteiger partial charge in [0.1, 0.15) is 11.6 Å². The summed E-state index contributed by atoms with van der Waals surface area (Å²) < 4.78 is 14.6. The van der Waals surface area contributed by atoms with Gasteiger partial charge in [-0.1, -0.05) is 37.1 Å². The first kappa shape index (κ1) is 46.4. The third kappa shape index (κ3) is 10.5. The fraction of sp³-hybridized carbons (Fsp3) is 0.471. The van der Waals surface area contributed by atoms with Crippen molar-refractivity contribution in [3.05, 3.63) is 95.7 Å². The van der Waals surface area contributed by atoms with Gasteiger partial charge in [0.25, 0.3) is 11.8 Å². The van der Waals surface area contributed by atoms with Crippen molar-refractivity contribution in [1.82, 2.24) is 44.9 Å². The van der Waals surface area contributed by atoms with Gasteiger partial charge in [-0.25, -0.2) is 9.97 Å². The maximum absolute atomic E-state index is 13.5. The molecule has 4 fully saturated rings. The molecule has 3 unspecified atom stereocenters. The van der Waals surface area contributed by atoms with Gasteiger partial charge in [-0.2, -0.15) is 4.98 Å². The minimum Gasteiger partial charge on any atom is -0.380 e. The van der Waals surface area contributed by atoms with Crippen LogP contribution in [0.5, 0.6) is 0 Å². The normalized spacial score (nSPS) is 21.0. The van der Waals surface area contributed by atoms with Gasteiger partial charge in [0.05, 0.1) is 30.0 Å². The summed E-state index contributed by atoms with van der Waals surface area (Å²) in [6.45, 7) is 11.7. The van der Waals surface area contributed by atoms with Crippen molar-refractivity contribution < 1.29 is 28.7 Å². The molecule has 0 bridgehead atoms. The number of imidazole rings is 1. The fourth-order valence-electron chi connectivity index (χ4n) is 10.5. The smallest absolute Gasteiger partial charge is 0.262 e. The molecule has 4 aliphatic heterocycles. The van der Waals surface area contributed by atoms with Crippen LogP contribution in [0.15, 0.2) is 79.0 Å². The Labute approximate surface area is 402 Å². The number of amides is 4. The number of hydrogen-bond donors (Lipinski definition) is 4. The van der Waals surface area contributed by atoms with Crippen molar-refractivity contribution in [3.63, 3.8) is 0 Å². The van der Waals surface area contributed by atoms with E-state index < -0.39 is 29.7 Å². The van der Waals surface area contributed by atoms with Gasteiger partial charge >= 0.3 is 0 Å². The summed E-state index contributed by atoms with van der Waals surface area (Å²) in [7, 11) is 0. The van der Waals surface area contributed by atoms with E-state index in [1.807, 2.05) is 49.5 Å². The predicted octanol–water partition coefficient (Wildman–Crippen LogP) is 5.41. The number of benzene rings is 3. The highest BCUT2D eigenvalue weighted by Gasteiger charge is 2.45. The molecule has 3 saturated heterocycles. The highest BCUT2D eigenvalue weighted by atomic mass is 16.5. The summed E-state index contributed by atoms with van der Waals surface area (Å²) in [5.74, 6) is -0.644. The Balaban J connectivity index is 0.656. The summed E-state index contributed by atoms with van der Waals surface area (Å²) >= 11 is 0. The van der Waals surface area contributed by atoms with Gasteiger partial charge in [-0.05, 0) is 86.7 Å². The van der Waals surface area contributed by atoms with Crippen molar-refractivity contribution in [1.29, 1.82) is 0 Å². The lowest BCUT2D eigenvalue weighted by Gasteiger charge is -2.36. The molecule has 3 atom stereocenters. The van der Waals surface area contributed by atoms with Gasteiger partial charge < -0.3 is 30.3 Å². The number of fused-ring (bicyclic) bond motifs is 2. The number of aromatic nitrogens is 4. The summed E-state index contributed by atoms with van der Waals surface area (Å²) in [5.41, 5.74) is 6.23. The summed E-state index contributed by atoms with van der Waals surface area (Å²) in [6, 6.07) is 23.3. The van der Waals surface area contributed by atoms with Crippen LogP contribution in [-0.4, -0.2) is 149 Å². The number of para-hydroxylation sites is 1. The van der Waals surface area contributed by atoms with Crippen molar-refractivity contribution in [3.8, 4) is 0 Å². The van der Waals surface area contributed by atoms with Crippen LogP contribution in [0.3, 0.4) is 0 Å². The van der Waals surface area contributed by atoms with Crippen molar-refractivity contribution >= 4 is 63.8 Å². The predicted molar refractivity (Wildman–Crippen MR) is 262 cm³/mol. The Hall–Kier alpha value is -6.31. The number of piperidine rings is 1. The van der Waals surface area contributed by atoms with Gasteiger partial charge in [0.15, 0.2) is 5.65 Å². The zero-order chi connectivity index (χ0) is 47.3. The van der Waals surface area contributed by atoms with E-state index in [1.54, 1.807) is 12.1 Å². The van der Waals surface area contributed by atoms with E-state index in [9.17, 15) is 19.2 Å². The zero-order valence-electron chi connectivity index (χ0n) is 39.3. The van der Waals surface area contributed by atoms with E-state index in [1.165, 1.54) is 18.5 Å². The Morgan fingerprint density at radius 3 is 2.38 bits per heavy atom. The van der Waals surface area contributed by atoms with Crippen LogP contribution in [0.1, 0.15) is 90.2 Å². The van der Waals surface area contributed by atoms with Crippen LogP contribution in [0, 0.1) is 0 Å². The van der Waals surface area contributed by atoms with Gasteiger partial charge in [0, 0.05) is 108 Å². The lowest BCUT2D eigenvalue weighted by atomic mass is 9.99. The Bertz CT molecular complexity index is 2630. The number of carbonyl (C=O) groups is 4. The number of rotatable bonds is 18. The maximum Gasteiger partial charge on any atom is 0.262 e. The molecule has 4 amide bonds. The van der Waals surface area contributed by atoms with E-state index in [2.05, 4.69) is 69.8 Å². The summed E-state index contributed by atoms with van der Waals surface area (Å²) in [6.07, 6.45) is 7.46. The van der Waals surface area contributed by atoms with Gasteiger partial charge in [-0.15, -0.1) is 0 Å². The largest absolute Gasteiger partial charge is 0.380 e. The monoisotopic (exact) mass is 938 g/mol. The molecular weight excluding hydrogens is 877 g/mol. The number of ether oxygens (including phenoxy) is 2. The number of nitrogens with one attached hydrogen (secondary N) is 4. The molecule has 362 valence electrons. The van der Waals surface area contributed by atoms with E-state index in [0.29, 0.717) is 43.9 Å². The Kier molecular flexibility index (Phi) is 14.2. The lowest BCUT2D eigenvalue weighted by Crippen LogP contribution is -2.54. The second-order valence-electron chi connectivity index (χ2n) is 18.6. The summed E-state index contributed by atoms with van der Waals surface area (Å²) in [5, 5.41) is 12.8. The number of hydrogen-bond acceptors (Lipinski definition) is 15. The first-order valence-corrected chi connectivity index (χ1v) is 24.7. The van der Waals surface area contributed by atoms with Crippen LogP contribution in [0.2, 0.25) is 0 Å². The molecule has 5 aromatic rings. The minimum atomic E-state index is -0.987. The number of piperazine rings is 2. The van der Waals surface area contributed by atoms with E-state index in [4.69, 9.17) is 19.4 Å². The number of carbonyl (C=O) groups excluding carboxylic acids is 4. The molecule has 4 N–H and O–H groups in total. The zero-order valence-corrected chi connectivity index (χ0v) is 39.3. The molecular formula is C51H62N12O6. The van der Waals surface area contributed by atoms with Crippen LogP contribution in [0.25, 0.3) is 11.2 Å². The van der Waals surface area contributed by atoms with Crippen molar-refractivity contribution in [2.75, 3.05) is 94.3 Å². The molecule has 5 aliphatic rings. The quantitative estimate of drug-likeness (QED) is 0.0644. The molecule has 10 rings (SSSR count). The van der Waals surface area contributed by atoms with Crippen LogP contribution in [-0.2, 0) is 19.1 Å². The van der Waals surface area contributed by atoms with Crippen molar-refractivity contribution in [2.24, 2.45) is 0 Å². The third-order valence-electron chi connectivity index (χ3n) is 14.1. The van der Waals surface area contributed by atoms with Gasteiger partial charge in [0.2, 0.25) is 23.7 Å². The number of anilines is 5. The second-order valence-corrected chi connectivity index (χ2v) is 18.6. The fourth-order valence-corrected chi connectivity index (χ4v) is 10.5. The molecule has 0 radical (unpaired) electrons. The average Bonchev–Trinajstić information content (AvgIpc) is 4.08. The molecule has 1 saturated carbocycles. The van der Waals surface area contributed by atoms with Crippen LogP contribution >= 0.6 is 0 Å². The van der Waals surface area contributed by atoms with Crippen LogP contribution < -0.4 is 26.2 Å². The third-order valence-corrected chi connectivity index (χ3v) is 14.1. The van der Waals surface area contributed by atoms with E-state index in [-0.39, 0.29) is 30.6 Å². The SMILES string of the molecule is CCOC(CCOCCN1CCN(c2ccc(Nc3ncc4nc(Nc5ccccc5)n(C5CCCC5)c4n3)cc2)CC1)CN1CCNC(c2ccc3c(c2)C(=O)N(C2CCC(=O)NC2=O)C3=O)C1. The molecule has 6 heterocycles. The second kappa shape index (κ2) is 21.1. The average molecular weight is 939 g/mol. The Morgan fingerprint density at radius 1 is 0.812 bits per heavy atom.